The largest absolute Gasteiger partial charge is 0.478 e. The normalized spacial score (nSPS) is 10.6. The molecule has 0 spiro atoms. The number of hydrogen-bond acceptors (Lipinski definition) is 4. The fourth-order valence-corrected chi connectivity index (χ4v) is 3.97. The Morgan fingerprint density at radius 3 is 2.25 bits per heavy atom. The monoisotopic (exact) mass is 309 g/mol. The fraction of sp³-hybridized carbons (Fsp3) is 0.286. The summed E-state index contributed by atoms with van der Waals surface area (Å²) in [6, 6.07) is 1.82. The van der Waals surface area contributed by atoms with Crippen molar-refractivity contribution in [3.05, 3.63) is 37.4 Å². The van der Waals surface area contributed by atoms with Crippen molar-refractivity contribution in [2.75, 3.05) is 5.32 Å². The molecule has 2 heterocycles. The summed E-state index contributed by atoms with van der Waals surface area (Å²) in [5.41, 5.74) is 1.49. The minimum absolute atomic E-state index is 0.186. The predicted molar refractivity (Wildman–Crippen MR) is 82.5 cm³/mol. The highest BCUT2D eigenvalue weighted by molar-refractivity contribution is 7.17. The van der Waals surface area contributed by atoms with Gasteiger partial charge in [-0.3, -0.25) is 4.79 Å². The minimum atomic E-state index is -1.01. The quantitative estimate of drug-likeness (QED) is 0.900. The first-order chi connectivity index (χ1) is 9.31. The van der Waals surface area contributed by atoms with Crippen molar-refractivity contribution >= 4 is 39.6 Å². The first-order valence-corrected chi connectivity index (χ1v) is 7.66. The van der Waals surface area contributed by atoms with E-state index in [1.807, 2.05) is 26.8 Å². The minimum Gasteiger partial charge on any atom is -0.478 e. The van der Waals surface area contributed by atoms with Crippen LogP contribution in [0.4, 0.5) is 5.00 Å². The van der Waals surface area contributed by atoms with Crippen molar-refractivity contribution in [3.63, 3.8) is 0 Å². The zero-order valence-electron chi connectivity index (χ0n) is 11.7. The summed E-state index contributed by atoms with van der Waals surface area (Å²) in [5.74, 6) is -1.27. The van der Waals surface area contributed by atoms with Crippen molar-refractivity contribution in [2.24, 2.45) is 0 Å². The number of rotatable bonds is 3. The second-order valence-corrected chi connectivity index (χ2v) is 7.26. The molecule has 0 saturated heterocycles. The molecular formula is C14H15NO3S2. The van der Waals surface area contributed by atoms with Gasteiger partial charge in [0, 0.05) is 14.6 Å². The molecule has 2 aromatic heterocycles. The van der Waals surface area contributed by atoms with Crippen LogP contribution in [-0.2, 0) is 0 Å². The van der Waals surface area contributed by atoms with E-state index in [4.69, 9.17) is 0 Å². The number of thiophene rings is 2. The number of nitrogens with one attached hydrogen (secondary N) is 1. The second-order valence-electron chi connectivity index (χ2n) is 4.57. The van der Waals surface area contributed by atoms with E-state index >= 15 is 0 Å². The van der Waals surface area contributed by atoms with E-state index < -0.39 is 5.97 Å². The van der Waals surface area contributed by atoms with Crippen LogP contribution in [0.2, 0.25) is 0 Å². The third-order valence-corrected chi connectivity index (χ3v) is 5.20. The summed E-state index contributed by atoms with van der Waals surface area (Å²) in [7, 11) is 0. The molecule has 0 atom stereocenters. The summed E-state index contributed by atoms with van der Waals surface area (Å²) in [4.78, 5) is 26.4. The Morgan fingerprint density at radius 2 is 1.75 bits per heavy atom. The van der Waals surface area contributed by atoms with Crippen LogP contribution < -0.4 is 5.32 Å². The standard InChI is InChI=1S/C14H15NO3S2/c1-6-5-10(9(4)19-6)12(16)15-13-11(14(17)18)7(2)8(3)20-13/h5H,1-4H3,(H,15,16)(H,17,18). The number of carbonyl (C=O) groups is 2. The lowest BCUT2D eigenvalue weighted by Gasteiger charge is -2.04. The number of aromatic carboxylic acids is 1. The van der Waals surface area contributed by atoms with Crippen LogP contribution in [0.1, 0.15) is 40.9 Å². The predicted octanol–water partition coefficient (Wildman–Crippen LogP) is 3.99. The third-order valence-electron chi connectivity index (χ3n) is 3.11. The van der Waals surface area contributed by atoms with E-state index in [1.54, 1.807) is 18.3 Å². The Bertz CT molecular complexity index is 698. The van der Waals surface area contributed by atoms with Gasteiger partial charge in [-0.25, -0.2) is 4.79 Å². The summed E-state index contributed by atoms with van der Waals surface area (Å²) < 4.78 is 0. The van der Waals surface area contributed by atoms with Gasteiger partial charge in [0.2, 0.25) is 0 Å². The number of hydrogen-bond donors (Lipinski definition) is 2. The highest BCUT2D eigenvalue weighted by Gasteiger charge is 2.21. The van der Waals surface area contributed by atoms with E-state index in [0.29, 0.717) is 16.1 Å². The van der Waals surface area contributed by atoms with E-state index in [2.05, 4.69) is 5.32 Å². The number of aryl methyl sites for hydroxylation is 3. The van der Waals surface area contributed by atoms with Gasteiger partial charge in [-0.05, 0) is 39.3 Å². The molecule has 0 bridgehead atoms. The van der Waals surface area contributed by atoms with Crippen LogP contribution in [0.25, 0.3) is 0 Å². The Labute approximate surface area is 125 Å². The number of carbonyl (C=O) groups excluding carboxylic acids is 1. The Balaban J connectivity index is 2.35. The molecule has 0 aliphatic rings. The van der Waals surface area contributed by atoms with E-state index in [-0.39, 0.29) is 11.5 Å². The Hall–Kier alpha value is -1.66. The van der Waals surface area contributed by atoms with Gasteiger partial charge in [0.15, 0.2) is 0 Å². The van der Waals surface area contributed by atoms with E-state index in [0.717, 1.165) is 14.6 Å². The molecule has 0 fully saturated rings. The zero-order valence-corrected chi connectivity index (χ0v) is 13.3. The lowest BCUT2D eigenvalue weighted by Crippen LogP contribution is -2.13. The van der Waals surface area contributed by atoms with Crippen molar-refractivity contribution in [1.29, 1.82) is 0 Å². The summed E-state index contributed by atoms with van der Waals surface area (Å²) >= 11 is 2.85. The van der Waals surface area contributed by atoms with E-state index in [9.17, 15) is 14.7 Å². The molecule has 4 nitrogen and oxygen atoms in total. The highest BCUT2D eigenvalue weighted by Crippen LogP contribution is 2.33. The van der Waals surface area contributed by atoms with Gasteiger partial charge >= 0.3 is 5.97 Å². The van der Waals surface area contributed by atoms with Gasteiger partial charge in [-0.1, -0.05) is 0 Å². The second kappa shape index (κ2) is 5.38. The maximum Gasteiger partial charge on any atom is 0.338 e. The van der Waals surface area contributed by atoms with Crippen LogP contribution in [0.5, 0.6) is 0 Å². The summed E-state index contributed by atoms with van der Waals surface area (Å²) in [6.45, 7) is 7.43. The van der Waals surface area contributed by atoms with Gasteiger partial charge in [-0.15, -0.1) is 22.7 Å². The molecule has 106 valence electrons. The molecule has 0 unspecified atom stereocenters. The summed E-state index contributed by atoms with van der Waals surface area (Å²) in [6.07, 6.45) is 0. The van der Waals surface area contributed by atoms with Crippen LogP contribution in [0, 0.1) is 27.7 Å². The van der Waals surface area contributed by atoms with Crippen molar-refractivity contribution < 1.29 is 14.7 Å². The molecule has 6 heteroatoms. The van der Waals surface area contributed by atoms with Crippen LogP contribution in [0.3, 0.4) is 0 Å². The number of carboxylic acids is 1. The average Bonchev–Trinajstić information content (AvgIpc) is 2.80. The smallest absolute Gasteiger partial charge is 0.338 e. The van der Waals surface area contributed by atoms with Crippen LogP contribution in [0.15, 0.2) is 6.07 Å². The first-order valence-electron chi connectivity index (χ1n) is 6.03. The SMILES string of the molecule is Cc1cc(C(=O)Nc2sc(C)c(C)c2C(=O)O)c(C)s1. The Morgan fingerprint density at radius 1 is 1.10 bits per heavy atom. The van der Waals surface area contributed by atoms with Gasteiger partial charge < -0.3 is 10.4 Å². The maximum atomic E-state index is 12.3. The number of carboxylic acid groups (broad SMARTS) is 1. The molecule has 0 aliphatic carbocycles. The zero-order chi connectivity index (χ0) is 15.0. The molecule has 2 N–H and O–H groups in total. The third kappa shape index (κ3) is 2.62. The topological polar surface area (TPSA) is 66.4 Å². The molecule has 0 aliphatic heterocycles. The summed E-state index contributed by atoms with van der Waals surface area (Å²) in [5, 5.41) is 12.4. The fourth-order valence-electron chi connectivity index (χ4n) is 2.00. The van der Waals surface area contributed by atoms with E-state index in [1.165, 1.54) is 11.3 Å². The molecule has 0 radical (unpaired) electrons. The van der Waals surface area contributed by atoms with Crippen molar-refractivity contribution in [1.82, 2.24) is 0 Å². The van der Waals surface area contributed by atoms with Crippen molar-refractivity contribution in [2.45, 2.75) is 27.7 Å². The van der Waals surface area contributed by atoms with Gasteiger partial charge in [-0.2, -0.15) is 0 Å². The average molecular weight is 309 g/mol. The lowest BCUT2D eigenvalue weighted by molar-refractivity contribution is 0.0697. The first kappa shape index (κ1) is 14.7. The van der Waals surface area contributed by atoms with Crippen LogP contribution in [-0.4, -0.2) is 17.0 Å². The maximum absolute atomic E-state index is 12.3. The molecule has 0 saturated carbocycles. The molecular weight excluding hydrogens is 294 g/mol. The molecule has 20 heavy (non-hydrogen) atoms. The van der Waals surface area contributed by atoms with Crippen LogP contribution >= 0.6 is 22.7 Å². The number of anilines is 1. The molecule has 2 aromatic rings. The van der Waals surface area contributed by atoms with Gasteiger partial charge in [0.25, 0.3) is 5.91 Å². The Kier molecular flexibility index (Phi) is 3.96. The van der Waals surface area contributed by atoms with Gasteiger partial charge in [0.05, 0.1) is 11.1 Å². The highest BCUT2D eigenvalue weighted by atomic mass is 32.1. The lowest BCUT2D eigenvalue weighted by atomic mass is 10.1. The molecule has 2 rings (SSSR count). The van der Waals surface area contributed by atoms with Gasteiger partial charge in [0.1, 0.15) is 5.00 Å². The number of amides is 1. The molecule has 1 amide bonds. The van der Waals surface area contributed by atoms with Crippen molar-refractivity contribution in [3.8, 4) is 0 Å². The molecule has 0 aromatic carbocycles.